The second-order valence-corrected chi connectivity index (χ2v) is 5.76. The minimum absolute atomic E-state index is 0. The van der Waals surface area contributed by atoms with Crippen molar-refractivity contribution >= 4 is 0 Å². The molecular weight excluding hydrogens is 363 g/mol. The first-order valence-electron chi connectivity index (χ1n) is 7.65. The lowest BCUT2D eigenvalue weighted by Crippen LogP contribution is -2.22. The summed E-state index contributed by atoms with van der Waals surface area (Å²) in [5.74, 6) is -5.77. The van der Waals surface area contributed by atoms with Gasteiger partial charge < -0.3 is 4.74 Å². The molecule has 0 aliphatic heterocycles. The highest BCUT2D eigenvalue weighted by molar-refractivity contribution is 5.64. The minimum Gasteiger partial charge on any atom is -0.429 e. The number of rotatable bonds is 4. The van der Waals surface area contributed by atoms with Crippen molar-refractivity contribution in [3.8, 4) is 16.9 Å². The van der Waals surface area contributed by atoms with Gasteiger partial charge in [-0.3, -0.25) is 0 Å². The lowest BCUT2D eigenvalue weighted by molar-refractivity contribution is -0.185. The number of aryl methyl sites for hydroxylation is 1. The number of hydrogen-bond acceptors (Lipinski definition) is 1. The molecule has 0 saturated carbocycles. The molecule has 0 aliphatic carbocycles. The molecule has 0 radical (unpaired) electrons. The van der Waals surface area contributed by atoms with E-state index in [1.54, 1.807) is 0 Å². The first-order valence-corrected chi connectivity index (χ1v) is 7.65. The van der Waals surface area contributed by atoms with E-state index in [4.69, 9.17) is 0 Å². The molecule has 6 heteroatoms. The quantitative estimate of drug-likeness (QED) is 0.355. The molecule has 3 aromatic rings. The van der Waals surface area contributed by atoms with Gasteiger partial charge in [-0.1, -0.05) is 49.4 Å². The summed E-state index contributed by atoms with van der Waals surface area (Å²) in [5, 5.41) is 0. The summed E-state index contributed by atoms with van der Waals surface area (Å²) >= 11 is 0. The van der Waals surface area contributed by atoms with E-state index in [1.165, 1.54) is 12.1 Å². The Kier molecular flexibility index (Phi) is 5.88. The van der Waals surface area contributed by atoms with Crippen molar-refractivity contribution in [3.63, 3.8) is 0 Å². The molecule has 0 atom stereocenters. The Morgan fingerprint density at radius 3 is 1.67 bits per heavy atom. The molecule has 0 saturated heterocycles. The maximum atomic E-state index is 14.2. The fourth-order valence-corrected chi connectivity index (χ4v) is 2.40. The van der Waals surface area contributed by atoms with Gasteiger partial charge in [0, 0.05) is 12.1 Å². The number of alkyl halides is 2. The third-order valence-corrected chi connectivity index (χ3v) is 3.81. The Hall–Kier alpha value is -2.89. The van der Waals surface area contributed by atoms with Crippen LogP contribution in [0.5, 0.6) is 5.75 Å². The largest absolute Gasteiger partial charge is 0.429 e. The monoisotopic (exact) mass is 380 g/mol. The first kappa shape index (κ1) is 20.4. The van der Waals surface area contributed by atoms with Crippen LogP contribution in [0.4, 0.5) is 22.0 Å². The molecule has 0 fully saturated rings. The van der Waals surface area contributed by atoms with Gasteiger partial charge >= 0.3 is 6.11 Å². The van der Waals surface area contributed by atoms with Gasteiger partial charge in [0.25, 0.3) is 0 Å². The van der Waals surface area contributed by atoms with Crippen molar-refractivity contribution in [2.75, 3.05) is 0 Å². The molecule has 1 nitrogen and oxygen atoms in total. The molecule has 27 heavy (non-hydrogen) atoms. The summed E-state index contributed by atoms with van der Waals surface area (Å²) in [4.78, 5) is 0. The SMILES string of the molecule is C.Cc1ccc(-c2ccc(C(F)(F)Oc3cc(F)c(F)c(F)c3)cc2)cc1. The van der Waals surface area contributed by atoms with E-state index >= 15 is 0 Å². The van der Waals surface area contributed by atoms with Gasteiger partial charge in [-0.05, 0) is 30.2 Å². The zero-order chi connectivity index (χ0) is 18.9. The molecule has 142 valence electrons. The average molecular weight is 380 g/mol. The Morgan fingerprint density at radius 1 is 0.741 bits per heavy atom. The van der Waals surface area contributed by atoms with Crippen LogP contribution < -0.4 is 4.74 Å². The van der Waals surface area contributed by atoms with E-state index in [-0.39, 0.29) is 7.43 Å². The van der Waals surface area contributed by atoms with Crippen molar-refractivity contribution in [3.05, 3.63) is 89.2 Å². The number of halogens is 5. The standard InChI is InChI=1S/C20H13F5O.CH4/c1-12-2-4-13(5-3-12)14-6-8-15(9-7-14)20(24,25)26-16-10-17(21)19(23)18(22)11-16;/h2-11H,1H3;1H4. The summed E-state index contributed by atoms with van der Waals surface area (Å²) in [7, 11) is 0. The summed E-state index contributed by atoms with van der Waals surface area (Å²) < 4.78 is 72.0. The maximum Gasteiger partial charge on any atom is 0.426 e. The molecule has 0 spiro atoms. The van der Waals surface area contributed by atoms with Crippen LogP contribution in [-0.4, -0.2) is 0 Å². The van der Waals surface area contributed by atoms with E-state index in [9.17, 15) is 22.0 Å². The Balaban J connectivity index is 0.00000261. The van der Waals surface area contributed by atoms with Gasteiger partial charge in [0.1, 0.15) is 5.75 Å². The van der Waals surface area contributed by atoms with Crippen molar-refractivity contribution in [1.29, 1.82) is 0 Å². The molecule has 0 amide bonds. The second-order valence-electron chi connectivity index (χ2n) is 5.76. The number of hydrogen-bond donors (Lipinski definition) is 0. The van der Waals surface area contributed by atoms with Crippen LogP contribution in [0.1, 0.15) is 18.6 Å². The maximum absolute atomic E-state index is 14.2. The lowest BCUT2D eigenvalue weighted by atomic mass is 10.0. The van der Waals surface area contributed by atoms with Crippen molar-refractivity contribution in [2.24, 2.45) is 0 Å². The third kappa shape index (κ3) is 4.45. The zero-order valence-electron chi connectivity index (χ0n) is 13.6. The lowest BCUT2D eigenvalue weighted by Gasteiger charge is -2.19. The predicted molar refractivity (Wildman–Crippen MR) is 94.2 cm³/mol. The fourth-order valence-electron chi connectivity index (χ4n) is 2.40. The van der Waals surface area contributed by atoms with Gasteiger partial charge in [0.2, 0.25) is 0 Å². The second kappa shape index (κ2) is 7.78. The molecule has 0 aliphatic rings. The molecule has 0 bridgehead atoms. The Bertz CT molecular complexity index is 895. The molecule has 0 unspecified atom stereocenters. The van der Waals surface area contributed by atoms with E-state index in [2.05, 4.69) is 4.74 Å². The highest BCUT2D eigenvalue weighted by Crippen LogP contribution is 2.34. The minimum atomic E-state index is -3.84. The number of ether oxygens (including phenoxy) is 1. The highest BCUT2D eigenvalue weighted by atomic mass is 19.3. The van der Waals surface area contributed by atoms with Crippen LogP contribution in [0.3, 0.4) is 0 Å². The van der Waals surface area contributed by atoms with Crippen molar-refractivity contribution < 1.29 is 26.7 Å². The van der Waals surface area contributed by atoms with E-state index in [1.807, 2.05) is 31.2 Å². The van der Waals surface area contributed by atoms with Crippen molar-refractivity contribution in [2.45, 2.75) is 20.5 Å². The van der Waals surface area contributed by atoms with Crippen LogP contribution in [0.15, 0.2) is 60.7 Å². The molecule has 3 aromatic carbocycles. The van der Waals surface area contributed by atoms with Gasteiger partial charge in [-0.2, -0.15) is 8.78 Å². The van der Waals surface area contributed by atoms with Crippen LogP contribution >= 0.6 is 0 Å². The Morgan fingerprint density at radius 2 is 1.19 bits per heavy atom. The van der Waals surface area contributed by atoms with Crippen LogP contribution in [0.25, 0.3) is 11.1 Å². The normalized spacial score (nSPS) is 11.0. The van der Waals surface area contributed by atoms with E-state index in [0.29, 0.717) is 12.1 Å². The molecule has 0 heterocycles. The van der Waals surface area contributed by atoms with Gasteiger partial charge in [0.05, 0.1) is 5.56 Å². The summed E-state index contributed by atoms with van der Waals surface area (Å²) in [5.41, 5.74) is 2.15. The molecule has 0 aromatic heterocycles. The summed E-state index contributed by atoms with van der Waals surface area (Å²) in [6.07, 6.45) is -3.84. The van der Waals surface area contributed by atoms with Gasteiger partial charge in [0.15, 0.2) is 17.5 Å². The third-order valence-electron chi connectivity index (χ3n) is 3.81. The zero-order valence-corrected chi connectivity index (χ0v) is 13.6. The number of benzene rings is 3. The Labute approximate surface area is 154 Å². The highest BCUT2D eigenvalue weighted by Gasteiger charge is 2.35. The van der Waals surface area contributed by atoms with Crippen molar-refractivity contribution in [1.82, 2.24) is 0 Å². The summed E-state index contributed by atoms with van der Waals surface area (Å²) in [6.45, 7) is 1.94. The van der Waals surface area contributed by atoms with E-state index < -0.39 is 34.9 Å². The topological polar surface area (TPSA) is 9.23 Å². The smallest absolute Gasteiger partial charge is 0.426 e. The van der Waals surface area contributed by atoms with Crippen LogP contribution in [-0.2, 0) is 6.11 Å². The van der Waals surface area contributed by atoms with E-state index in [0.717, 1.165) is 28.8 Å². The molecule has 0 N–H and O–H groups in total. The molecular formula is C21H17F5O. The predicted octanol–water partition coefficient (Wildman–Crippen LogP) is 6.84. The summed E-state index contributed by atoms with van der Waals surface area (Å²) in [6, 6.07) is 13.6. The van der Waals surface area contributed by atoms with Crippen LogP contribution in [0, 0.1) is 24.4 Å². The average Bonchev–Trinajstić information content (AvgIpc) is 2.60. The molecule has 3 rings (SSSR count). The van der Waals surface area contributed by atoms with Gasteiger partial charge in [-0.25, -0.2) is 13.2 Å². The van der Waals surface area contributed by atoms with Gasteiger partial charge in [-0.15, -0.1) is 0 Å². The first-order chi connectivity index (χ1) is 12.3. The van der Waals surface area contributed by atoms with Crippen LogP contribution in [0.2, 0.25) is 0 Å². The fraction of sp³-hybridized carbons (Fsp3) is 0.143.